The maximum Gasteiger partial charge on any atom is 0.151 e. The van der Waals surface area contributed by atoms with E-state index in [0.29, 0.717) is 11.5 Å². The first kappa shape index (κ1) is 15.9. The molecule has 0 unspecified atom stereocenters. The summed E-state index contributed by atoms with van der Waals surface area (Å²) in [6, 6.07) is 3.99. The molecule has 0 radical (unpaired) electrons. The van der Waals surface area contributed by atoms with Gasteiger partial charge in [-0.1, -0.05) is 61.5 Å². The zero-order chi connectivity index (χ0) is 13.7. The quantitative estimate of drug-likeness (QED) is 0.450. The predicted molar refractivity (Wildman–Crippen MR) is 88.3 cm³/mol. The molecule has 0 amide bonds. The van der Waals surface area contributed by atoms with Crippen LogP contribution in [0.1, 0.15) is 11.1 Å². The highest BCUT2D eigenvalue weighted by molar-refractivity contribution is 9.11. The summed E-state index contributed by atoms with van der Waals surface area (Å²) in [7, 11) is 0. The van der Waals surface area contributed by atoms with Crippen molar-refractivity contribution in [3.63, 3.8) is 0 Å². The summed E-state index contributed by atoms with van der Waals surface area (Å²) >= 11 is 9.53. The van der Waals surface area contributed by atoms with Gasteiger partial charge in [0, 0.05) is 20.5 Å². The van der Waals surface area contributed by atoms with Crippen molar-refractivity contribution in [2.75, 3.05) is 0 Å². The lowest BCUT2D eigenvalue weighted by Gasteiger charge is -2.09. The molecule has 0 aliphatic carbocycles. The van der Waals surface area contributed by atoms with Crippen molar-refractivity contribution in [1.82, 2.24) is 0 Å². The van der Waals surface area contributed by atoms with Gasteiger partial charge in [-0.3, -0.25) is 10.8 Å². The molecule has 0 fully saturated rings. The number of hydrogen-bond acceptors (Lipinski definition) is 4. The van der Waals surface area contributed by atoms with Crippen LogP contribution < -0.4 is 11.5 Å². The molecule has 0 aliphatic rings. The van der Waals surface area contributed by atoms with Crippen LogP contribution in [0.5, 0.6) is 0 Å². The second-order valence-corrected chi connectivity index (χ2v) is 7.08. The first-order chi connectivity index (χ1) is 8.40. The molecule has 8 heteroatoms. The van der Waals surface area contributed by atoms with E-state index in [2.05, 4.69) is 31.9 Å². The van der Waals surface area contributed by atoms with Crippen LogP contribution in [0.4, 0.5) is 0 Å². The van der Waals surface area contributed by atoms with Crippen molar-refractivity contribution in [2.45, 2.75) is 11.5 Å². The molecule has 98 valence electrons. The Morgan fingerprint density at radius 2 is 1.33 bits per heavy atom. The van der Waals surface area contributed by atoms with Gasteiger partial charge in [0.25, 0.3) is 0 Å². The summed E-state index contributed by atoms with van der Waals surface area (Å²) in [6.45, 7) is 0. The average Bonchev–Trinajstić information content (AvgIpc) is 2.26. The molecule has 0 aliphatic heterocycles. The van der Waals surface area contributed by atoms with Crippen molar-refractivity contribution in [2.24, 2.45) is 11.5 Å². The monoisotopic (exact) mass is 410 g/mol. The molecule has 1 aromatic rings. The zero-order valence-electron chi connectivity index (χ0n) is 9.30. The highest BCUT2D eigenvalue weighted by atomic mass is 79.9. The van der Waals surface area contributed by atoms with Gasteiger partial charge in [-0.15, -0.1) is 0 Å². The Morgan fingerprint density at radius 1 is 0.944 bits per heavy atom. The van der Waals surface area contributed by atoms with Crippen LogP contribution in [0.2, 0.25) is 0 Å². The van der Waals surface area contributed by atoms with Crippen molar-refractivity contribution >= 4 is 65.7 Å². The second-order valence-electron chi connectivity index (χ2n) is 3.34. The number of hydrogen-bond donors (Lipinski definition) is 4. The largest absolute Gasteiger partial charge is 0.379 e. The third kappa shape index (κ3) is 5.21. The summed E-state index contributed by atoms with van der Waals surface area (Å²) in [4.78, 5) is 0. The van der Waals surface area contributed by atoms with Gasteiger partial charge in [0.2, 0.25) is 0 Å². The molecule has 0 spiro atoms. The fourth-order valence-electron chi connectivity index (χ4n) is 1.18. The number of thioether (sulfide) groups is 2. The first-order valence-corrected chi connectivity index (χ1v) is 8.36. The van der Waals surface area contributed by atoms with E-state index < -0.39 is 0 Å². The van der Waals surface area contributed by atoms with E-state index in [1.807, 2.05) is 12.1 Å². The molecule has 0 aromatic heterocycles. The van der Waals surface area contributed by atoms with Crippen molar-refractivity contribution in [3.05, 3.63) is 32.2 Å². The first-order valence-electron chi connectivity index (χ1n) is 4.80. The molecule has 4 nitrogen and oxygen atoms in total. The smallest absolute Gasteiger partial charge is 0.151 e. The molecule has 0 saturated carbocycles. The predicted octanol–water partition coefficient (Wildman–Crippen LogP) is 3.46. The van der Waals surface area contributed by atoms with Gasteiger partial charge in [-0.25, -0.2) is 0 Å². The number of nitrogens with two attached hydrogens (primary N) is 2. The minimum atomic E-state index is 0.101. The number of halogens is 2. The Kier molecular flexibility index (Phi) is 6.54. The van der Waals surface area contributed by atoms with Crippen molar-refractivity contribution in [1.29, 1.82) is 10.8 Å². The van der Waals surface area contributed by atoms with Crippen LogP contribution in [0.15, 0.2) is 21.1 Å². The van der Waals surface area contributed by atoms with E-state index >= 15 is 0 Å². The third-order valence-corrected chi connectivity index (χ3v) is 4.99. The molecule has 1 aromatic carbocycles. The third-order valence-electron chi connectivity index (χ3n) is 1.98. The maximum atomic E-state index is 7.21. The molecule has 0 atom stereocenters. The number of benzene rings is 1. The highest BCUT2D eigenvalue weighted by Gasteiger charge is 2.08. The van der Waals surface area contributed by atoms with Crippen LogP contribution in [-0.4, -0.2) is 10.3 Å². The van der Waals surface area contributed by atoms with E-state index in [9.17, 15) is 0 Å². The van der Waals surface area contributed by atoms with Crippen LogP contribution in [0.25, 0.3) is 0 Å². The van der Waals surface area contributed by atoms with Crippen LogP contribution in [0, 0.1) is 10.8 Å². The fourth-order valence-corrected chi connectivity index (χ4v) is 3.92. The van der Waals surface area contributed by atoms with Gasteiger partial charge < -0.3 is 11.5 Å². The highest BCUT2D eigenvalue weighted by Crippen LogP contribution is 2.30. The Labute approximate surface area is 131 Å². The minimum absolute atomic E-state index is 0.101. The van der Waals surface area contributed by atoms with Gasteiger partial charge >= 0.3 is 0 Å². The summed E-state index contributed by atoms with van der Waals surface area (Å²) in [6.07, 6.45) is 0. The van der Waals surface area contributed by atoms with E-state index in [1.54, 1.807) is 0 Å². The topological polar surface area (TPSA) is 99.7 Å². The molecule has 1 rings (SSSR count). The zero-order valence-corrected chi connectivity index (χ0v) is 14.1. The molecule has 0 bridgehead atoms. The molecule has 6 N–H and O–H groups in total. The molecular weight excluding hydrogens is 400 g/mol. The van der Waals surface area contributed by atoms with Crippen LogP contribution in [-0.2, 0) is 11.5 Å². The van der Waals surface area contributed by atoms with Gasteiger partial charge in [-0.2, -0.15) is 0 Å². The van der Waals surface area contributed by atoms with Crippen molar-refractivity contribution in [3.8, 4) is 0 Å². The standard InChI is InChI=1S/C10H12Br2N4S2/c11-7-2-8(12)6(4-18-10(15)16)1-5(7)3-17-9(13)14/h1-2H,3-4H2,(H3,13,14)(H3,15,16). The Hall–Kier alpha value is -0.180. The minimum Gasteiger partial charge on any atom is -0.379 e. The van der Waals surface area contributed by atoms with E-state index in [1.165, 1.54) is 23.5 Å². The van der Waals surface area contributed by atoms with Gasteiger partial charge in [0.05, 0.1) is 0 Å². The number of nitrogens with one attached hydrogen (secondary N) is 2. The maximum absolute atomic E-state index is 7.21. The summed E-state index contributed by atoms with van der Waals surface area (Å²) < 4.78 is 1.94. The number of amidine groups is 2. The van der Waals surface area contributed by atoms with Crippen molar-refractivity contribution < 1.29 is 0 Å². The van der Waals surface area contributed by atoms with E-state index in [-0.39, 0.29) is 10.3 Å². The Balaban J connectivity index is 2.87. The molecule has 0 saturated heterocycles. The Bertz CT molecular complexity index is 440. The fraction of sp³-hybridized carbons (Fsp3) is 0.200. The molecule has 18 heavy (non-hydrogen) atoms. The lowest BCUT2D eigenvalue weighted by atomic mass is 10.2. The van der Waals surface area contributed by atoms with Crippen LogP contribution in [0.3, 0.4) is 0 Å². The second kappa shape index (κ2) is 7.42. The van der Waals surface area contributed by atoms with Gasteiger partial charge in [0.15, 0.2) is 10.3 Å². The summed E-state index contributed by atoms with van der Waals surface area (Å²) in [5.74, 6) is 1.28. The van der Waals surface area contributed by atoms with E-state index in [0.717, 1.165) is 20.1 Å². The lowest BCUT2D eigenvalue weighted by Crippen LogP contribution is -2.05. The number of rotatable bonds is 4. The average molecular weight is 412 g/mol. The van der Waals surface area contributed by atoms with Crippen LogP contribution >= 0.6 is 55.4 Å². The lowest BCUT2D eigenvalue weighted by molar-refractivity contribution is 1.29. The molecule has 0 heterocycles. The molecular formula is C10H12Br2N4S2. The van der Waals surface area contributed by atoms with Gasteiger partial charge in [-0.05, 0) is 17.2 Å². The SMILES string of the molecule is N=C(N)SCc1cc(CSC(=N)N)c(Br)cc1Br. The normalized spacial score (nSPS) is 10.3. The summed E-state index contributed by atoms with van der Waals surface area (Å²) in [5.41, 5.74) is 12.8. The Morgan fingerprint density at radius 3 is 1.67 bits per heavy atom. The van der Waals surface area contributed by atoms with Gasteiger partial charge in [0.1, 0.15) is 0 Å². The summed E-state index contributed by atoms with van der Waals surface area (Å²) in [5, 5.41) is 14.6. The van der Waals surface area contributed by atoms with E-state index in [4.69, 9.17) is 22.3 Å².